The Balaban J connectivity index is 2.26. The molecule has 0 saturated carbocycles. The molecule has 1 aliphatic heterocycles. The third-order valence-electron chi connectivity index (χ3n) is 3.11. The first kappa shape index (κ1) is 17.1. The average Bonchev–Trinajstić information content (AvgIpc) is 2.47. The van der Waals surface area contributed by atoms with E-state index in [-0.39, 0.29) is 13.1 Å². The largest absolute Gasteiger partial charge is 0.636 e. The van der Waals surface area contributed by atoms with E-state index in [9.17, 15) is 9.59 Å². The molecule has 124 valence electrons. The molecule has 0 bridgehead atoms. The van der Waals surface area contributed by atoms with Crippen LogP contribution in [0, 0.1) is 0 Å². The van der Waals surface area contributed by atoms with Crippen LogP contribution >= 0.6 is 0 Å². The summed E-state index contributed by atoms with van der Waals surface area (Å²) in [5, 5.41) is 0. The zero-order chi connectivity index (χ0) is 16.8. The van der Waals surface area contributed by atoms with Crippen LogP contribution in [0.4, 0.5) is 0 Å². The Kier molecular flexibility index (Phi) is 5.87. The fourth-order valence-electron chi connectivity index (χ4n) is 2.18. The van der Waals surface area contributed by atoms with Crippen LogP contribution in [-0.2, 0) is 18.9 Å². The summed E-state index contributed by atoms with van der Waals surface area (Å²) >= 11 is 0. The molecule has 0 aromatic heterocycles. The molecular formula is C15H20BNO6. The van der Waals surface area contributed by atoms with Crippen molar-refractivity contribution < 1.29 is 28.4 Å². The summed E-state index contributed by atoms with van der Waals surface area (Å²) in [6.45, 7) is 4.74. The number of rotatable bonds is 5. The van der Waals surface area contributed by atoms with Gasteiger partial charge in [0, 0.05) is 5.46 Å². The molecule has 1 saturated heterocycles. The number of carbonyl (C=O) groups excluding carboxylic acids is 2. The maximum Gasteiger partial charge on any atom is 0.636 e. The lowest BCUT2D eigenvalue weighted by Gasteiger charge is -2.23. The lowest BCUT2D eigenvalue weighted by atomic mass is 9.78. The second-order valence-electron chi connectivity index (χ2n) is 5.06. The van der Waals surface area contributed by atoms with Crippen molar-refractivity contribution in [3.05, 3.63) is 18.2 Å². The number of nitrogens with zero attached hydrogens (tertiary/aromatic N) is 1. The zero-order valence-corrected chi connectivity index (χ0v) is 13.5. The van der Waals surface area contributed by atoms with Gasteiger partial charge in [0.25, 0.3) is 0 Å². The Bertz CT molecular complexity index is 559. The zero-order valence-electron chi connectivity index (χ0n) is 13.5. The fourth-order valence-corrected chi connectivity index (χ4v) is 2.18. The Morgan fingerprint density at radius 1 is 1.04 bits per heavy atom. The topological polar surface area (TPSA) is 74.3 Å². The molecule has 1 aromatic carbocycles. The third kappa shape index (κ3) is 4.62. The van der Waals surface area contributed by atoms with E-state index in [2.05, 4.69) is 0 Å². The third-order valence-corrected chi connectivity index (χ3v) is 3.11. The first-order valence-corrected chi connectivity index (χ1v) is 7.50. The van der Waals surface area contributed by atoms with Gasteiger partial charge in [-0.25, -0.2) is 0 Å². The summed E-state index contributed by atoms with van der Waals surface area (Å²) in [7, 11) is 0.561. The number of carbonyl (C=O) groups is 2. The minimum absolute atomic E-state index is 0.0287. The SMILES string of the molecule is CCOc1ccc(B2OC(=O)CN(C)CC(=O)O2)cc1OCC. The summed E-state index contributed by atoms with van der Waals surface area (Å²) in [6, 6.07) is 5.05. The predicted molar refractivity (Wildman–Crippen MR) is 83.8 cm³/mol. The Hall–Kier alpha value is -2.22. The van der Waals surface area contributed by atoms with Crippen molar-refractivity contribution in [1.29, 1.82) is 0 Å². The Labute approximate surface area is 135 Å². The van der Waals surface area contributed by atoms with Gasteiger partial charge in [0.1, 0.15) is 0 Å². The number of ether oxygens (including phenoxy) is 2. The maximum absolute atomic E-state index is 11.8. The number of likely N-dealkylation sites (N-methyl/N-ethyl adjacent to an activating group) is 1. The molecule has 1 aliphatic rings. The van der Waals surface area contributed by atoms with E-state index in [0.717, 1.165) is 0 Å². The van der Waals surface area contributed by atoms with Gasteiger partial charge in [-0.3, -0.25) is 14.5 Å². The first-order chi connectivity index (χ1) is 11.0. The van der Waals surface area contributed by atoms with Crippen LogP contribution in [0.2, 0.25) is 0 Å². The van der Waals surface area contributed by atoms with Crippen molar-refractivity contribution >= 4 is 24.5 Å². The molecule has 0 atom stereocenters. The van der Waals surface area contributed by atoms with Gasteiger partial charge in [0.15, 0.2) is 11.5 Å². The molecular weight excluding hydrogens is 301 g/mol. The van der Waals surface area contributed by atoms with E-state index in [4.69, 9.17) is 18.8 Å². The highest BCUT2D eigenvalue weighted by Crippen LogP contribution is 2.26. The summed E-state index contributed by atoms with van der Waals surface area (Å²) in [6.07, 6.45) is 0. The van der Waals surface area contributed by atoms with Crippen molar-refractivity contribution in [2.45, 2.75) is 13.8 Å². The summed E-state index contributed by atoms with van der Waals surface area (Å²) in [4.78, 5) is 25.1. The van der Waals surface area contributed by atoms with E-state index in [0.29, 0.717) is 30.2 Å². The lowest BCUT2D eigenvalue weighted by molar-refractivity contribution is -0.145. The van der Waals surface area contributed by atoms with Gasteiger partial charge in [-0.05, 0) is 33.0 Å². The monoisotopic (exact) mass is 321 g/mol. The molecule has 0 aliphatic carbocycles. The lowest BCUT2D eigenvalue weighted by Crippen LogP contribution is -2.47. The van der Waals surface area contributed by atoms with Crippen LogP contribution in [0.25, 0.3) is 0 Å². The van der Waals surface area contributed by atoms with Gasteiger partial charge in [0.2, 0.25) is 0 Å². The van der Waals surface area contributed by atoms with Gasteiger partial charge >= 0.3 is 19.1 Å². The molecule has 1 aromatic rings. The second-order valence-corrected chi connectivity index (χ2v) is 5.06. The van der Waals surface area contributed by atoms with Gasteiger partial charge in [-0.15, -0.1) is 0 Å². The van der Waals surface area contributed by atoms with Crippen molar-refractivity contribution in [1.82, 2.24) is 4.90 Å². The maximum atomic E-state index is 11.8. The van der Waals surface area contributed by atoms with Crippen LogP contribution in [0.3, 0.4) is 0 Å². The molecule has 0 N–H and O–H groups in total. The van der Waals surface area contributed by atoms with Crippen molar-refractivity contribution in [2.24, 2.45) is 0 Å². The van der Waals surface area contributed by atoms with Crippen molar-refractivity contribution in [3.8, 4) is 11.5 Å². The van der Waals surface area contributed by atoms with E-state index in [1.165, 1.54) is 4.90 Å². The minimum Gasteiger partial charge on any atom is -0.494 e. The quantitative estimate of drug-likeness (QED) is 0.718. The highest BCUT2D eigenvalue weighted by atomic mass is 16.6. The molecule has 7 nitrogen and oxygen atoms in total. The van der Waals surface area contributed by atoms with Gasteiger partial charge in [0.05, 0.1) is 26.3 Å². The number of hydrogen-bond acceptors (Lipinski definition) is 7. The van der Waals surface area contributed by atoms with Crippen LogP contribution in [0.1, 0.15) is 13.8 Å². The molecule has 1 fully saturated rings. The normalized spacial score (nSPS) is 16.2. The first-order valence-electron chi connectivity index (χ1n) is 7.50. The molecule has 2 rings (SSSR count). The number of hydrogen-bond donors (Lipinski definition) is 0. The van der Waals surface area contributed by atoms with Gasteiger partial charge < -0.3 is 18.8 Å². The predicted octanol–water partition coefficient (Wildman–Crippen LogP) is 0.211. The molecule has 0 amide bonds. The average molecular weight is 321 g/mol. The molecule has 23 heavy (non-hydrogen) atoms. The van der Waals surface area contributed by atoms with Crippen molar-refractivity contribution in [2.75, 3.05) is 33.4 Å². The summed E-state index contributed by atoms with van der Waals surface area (Å²) in [5.74, 6) is 0.174. The molecule has 0 spiro atoms. The highest BCUT2D eigenvalue weighted by Gasteiger charge is 2.34. The van der Waals surface area contributed by atoms with Gasteiger partial charge in [-0.1, -0.05) is 6.07 Å². The van der Waals surface area contributed by atoms with Crippen LogP contribution in [0.15, 0.2) is 18.2 Å². The molecule has 1 heterocycles. The standard InChI is InChI=1S/C15H20BNO6/c1-4-20-12-7-6-11(8-13(12)21-5-2)16-22-14(18)9-17(3)10-15(19)23-16/h6-8H,4-5,9-10H2,1-3H3. The molecule has 0 radical (unpaired) electrons. The number of benzene rings is 1. The highest BCUT2D eigenvalue weighted by molar-refractivity contribution is 6.64. The van der Waals surface area contributed by atoms with E-state index < -0.39 is 19.1 Å². The van der Waals surface area contributed by atoms with E-state index in [1.807, 2.05) is 13.8 Å². The summed E-state index contributed by atoms with van der Waals surface area (Å²) in [5.41, 5.74) is 0.517. The summed E-state index contributed by atoms with van der Waals surface area (Å²) < 4.78 is 21.5. The molecule has 8 heteroatoms. The van der Waals surface area contributed by atoms with Crippen LogP contribution in [0.5, 0.6) is 11.5 Å². The van der Waals surface area contributed by atoms with E-state index in [1.54, 1.807) is 25.2 Å². The fraction of sp³-hybridized carbons (Fsp3) is 0.467. The van der Waals surface area contributed by atoms with E-state index >= 15 is 0 Å². The smallest absolute Gasteiger partial charge is 0.494 e. The van der Waals surface area contributed by atoms with Gasteiger partial charge in [-0.2, -0.15) is 0 Å². The Morgan fingerprint density at radius 2 is 1.61 bits per heavy atom. The van der Waals surface area contributed by atoms with Crippen molar-refractivity contribution in [3.63, 3.8) is 0 Å². The molecule has 0 unspecified atom stereocenters. The second kappa shape index (κ2) is 7.87. The Morgan fingerprint density at radius 3 is 2.17 bits per heavy atom. The van der Waals surface area contributed by atoms with Crippen LogP contribution in [-0.4, -0.2) is 57.3 Å². The minimum atomic E-state index is -1.08. The van der Waals surface area contributed by atoms with Crippen LogP contribution < -0.4 is 14.9 Å².